The lowest BCUT2D eigenvalue weighted by atomic mass is 9.86. The lowest BCUT2D eigenvalue weighted by Crippen LogP contribution is -2.39. The number of pyridine rings is 1. The van der Waals surface area contributed by atoms with Crippen molar-refractivity contribution in [2.45, 2.75) is 31.6 Å². The predicted molar refractivity (Wildman–Crippen MR) is 107 cm³/mol. The number of fused-ring (bicyclic) bond motifs is 1. The number of nitrogens with zero attached hydrogens (tertiary/aromatic N) is 1. The number of carboxylic acids is 1. The summed E-state index contributed by atoms with van der Waals surface area (Å²) in [4.78, 5) is 29.6. The molecule has 0 bridgehead atoms. The van der Waals surface area contributed by atoms with E-state index in [2.05, 4.69) is 5.32 Å². The molecule has 1 aliphatic heterocycles. The van der Waals surface area contributed by atoms with E-state index >= 15 is 0 Å². The fraction of sp³-hybridized carbons (Fsp3) is 0.500. The highest BCUT2D eigenvalue weighted by molar-refractivity contribution is 6.06. The van der Waals surface area contributed by atoms with E-state index in [4.69, 9.17) is 14.5 Å². The van der Waals surface area contributed by atoms with Gasteiger partial charge in [-0.25, -0.2) is 0 Å². The molecule has 2 fully saturated rings. The third-order valence-corrected chi connectivity index (χ3v) is 5.91. The summed E-state index contributed by atoms with van der Waals surface area (Å²) in [5.41, 5.74) is 2.19. The third-order valence-electron chi connectivity index (χ3n) is 5.91. The van der Waals surface area contributed by atoms with Crippen molar-refractivity contribution in [1.29, 1.82) is 0 Å². The van der Waals surface area contributed by atoms with E-state index in [9.17, 15) is 14.7 Å². The monoisotopic (exact) mass is 398 g/mol. The van der Waals surface area contributed by atoms with Gasteiger partial charge in [-0.05, 0) is 55.9 Å². The molecule has 1 aliphatic carbocycles. The number of hydrogen-bond donors (Lipinski definition) is 2. The van der Waals surface area contributed by atoms with Crippen molar-refractivity contribution < 1.29 is 24.2 Å². The molecule has 154 valence electrons. The summed E-state index contributed by atoms with van der Waals surface area (Å²) in [6, 6.07) is 7.35. The molecule has 0 spiro atoms. The number of aromatic nitrogens is 1. The Kier molecular flexibility index (Phi) is 5.67. The summed E-state index contributed by atoms with van der Waals surface area (Å²) in [5.74, 6) is -0.700. The van der Waals surface area contributed by atoms with Crippen LogP contribution in [0.2, 0.25) is 0 Å². The average Bonchev–Trinajstić information content (AvgIpc) is 3.58. The van der Waals surface area contributed by atoms with Crippen molar-refractivity contribution >= 4 is 22.8 Å². The van der Waals surface area contributed by atoms with Gasteiger partial charge in [-0.15, -0.1) is 0 Å². The highest BCUT2D eigenvalue weighted by atomic mass is 16.5. The molecule has 1 saturated heterocycles. The number of carbonyl (C=O) groups is 2. The zero-order valence-corrected chi connectivity index (χ0v) is 16.5. The first-order valence-corrected chi connectivity index (χ1v) is 10.1. The van der Waals surface area contributed by atoms with Crippen LogP contribution in [0.3, 0.4) is 0 Å². The quantitative estimate of drug-likeness (QED) is 0.744. The standard InChI is InChI=1S/C22H26N2O5/c1-28-15-4-5-19-16(10-15)17(11-20(24-19)14-2-3-14)21(25)23-12-18(22(26)27)13-6-8-29-9-7-13/h4-5,10-11,13-14,18H,2-3,6-9,12H2,1H3,(H,23,25)(H,26,27). The molecule has 1 amide bonds. The Morgan fingerprint density at radius 2 is 2.00 bits per heavy atom. The van der Waals surface area contributed by atoms with Gasteiger partial charge in [0.05, 0.1) is 24.1 Å². The van der Waals surface area contributed by atoms with E-state index in [1.54, 1.807) is 13.2 Å². The van der Waals surface area contributed by atoms with Crippen molar-refractivity contribution in [2.75, 3.05) is 26.9 Å². The van der Waals surface area contributed by atoms with E-state index in [1.165, 1.54) is 0 Å². The smallest absolute Gasteiger partial charge is 0.308 e. The number of hydrogen-bond acceptors (Lipinski definition) is 5. The Balaban J connectivity index is 1.58. The highest BCUT2D eigenvalue weighted by Gasteiger charge is 2.31. The Hall–Kier alpha value is -2.67. The summed E-state index contributed by atoms with van der Waals surface area (Å²) < 4.78 is 10.6. The number of benzene rings is 1. The lowest BCUT2D eigenvalue weighted by molar-refractivity contribution is -0.144. The summed E-state index contributed by atoms with van der Waals surface area (Å²) in [7, 11) is 1.58. The second-order valence-electron chi connectivity index (χ2n) is 7.86. The second kappa shape index (κ2) is 8.37. The molecular weight excluding hydrogens is 372 g/mol. The molecule has 0 radical (unpaired) electrons. The van der Waals surface area contributed by atoms with Crippen LogP contribution in [0.25, 0.3) is 10.9 Å². The van der Waals surface area contributed by atoms with Gasteiger partial charge in [0.25, 0.3) is 5.91 Å². The Labute approximate surface area is 169 Å². The van der Waals surface area contributed by atoms with Crippen LogP contribution in [0.15, 0.2) is 24.3 Å². The van der Waals surface area contributed by atoms with Crippen molar-refractivity contribution in [3.05, 3.63) is 35.5 Å². The van der Waals surface area contributed by atoms with Crippen LogP contribution in [0.4, 0.5) is 0 Å². The van der Waals surface area contributed by atoms with Crippen molar-refractivity contribution in [3.63, 3.8) is 0 Å². The molecule has 1 aromatic carbocycles. The predicted octanol–water partition coefficient (Wildman–Crippen LogP) is 2.98. The molecule has 2 aliphatic rings. The second-order valence-corrected chi connectivity index (χ2v) is 7.86. The number of carboxylic acid groups (broad SMARTS) is 1. The van der Waals surface area contributed by atoms with E-state index in [0.717, 1.165) is 24.1 Å². The lowest BCUT2D eigenvalue weighted by Gasteiger charge is -2.27. The van der Waals surface area contributed by atoms with Gasteiger partial charge >= 0.3 is 5.97 Å². The minimum absolute atomic E-state index is 0.0119. The van der Waals surface area contributed by atoms with Crippen molar-refractivity contribution in [3.8, 4) is 5.75 Å². The summed E-state index contributed by atoms with van der Waals surface area (Å²) in [6.45, 7) is 1.25. The molecule has 1 saturated carbocycles. The Morgan fingerprint density at radius 1 is 1.24 bits per heavy atom. The van der Waals surface area contributed by atoms with E-state index < -0.39 is 11.9 Å². The first kappa shape index (κ1) is 19.6. The van der Waals surface area contributed by atoms with Gasteiger partial charge in [-0.3, -0.25) is 14.6 Å². The number of methoxy groups -OCH3 is 1. The molecule has 4 rings (SSSR count). The zero-order valence-electron chi connectivity index (χ0n) is 16.5. The van der Waals surface area contributed by atoms with Gasteiger partial charge in [0.1, 0.15) is 5.75 Å². The van der Waals surface area contributed by atoms with Gasteiger partial charge in [0.15, 0.2) is 0 Å². The normalized spacial score (nSPS) is 18.4. The number of ether oxygens (including phenoxy) is 2. The molecule has 1 aromatic heterocycles. The minimum Gasteiger partial charge on any atom is -0.497 e. The molecule has 2 heterocycles. The maximum absolute atomic E-state index is 13.1. The van der Waals surface area contributed by atoms with Gasteiger partial charge in [-0.2, -0.15) is 0 Å². The number of amides is 1. The number of carbonyl (C=O) groups excluding carboxylic acids is 1. The van der Waals surface area contributed by atoms with Crippen LogP contribution >= 0.6 is 0 Å². The fourth-order valence-corrected chi connectivity index (χ4v) is 4.00. The summed E-state index contributed by atoms with van der Waals surface area (Å²) in [5, 5.41) is 13.2. The molecule has 2 aromatic rings. The minimum atomic E-state index is -0.878. The molecule has 7 heteroatoms. The number of nitrogens with one attached hydrogen (secondary N) is 1. The van der Waals surface area contributed by atoms with E-state index in [0.29, 0.717) is 48.7 Å². The van der Waals surface area contributed by atoms with Crippen LogP contribution in [0.1, 0.15) is 47.7 Å². The maximum atomic E-state index is 13.1. The van der Waals surface area contributed by atoms with Crippen LogP contribution < -0.4 is 10.1 Å². The Morgan fingerprint density at radius 3 is 2.66 bits per heavy atom. The van der Waals surface area contributed by atoms with Gasteiger partial charge in [0, 0.05) is 36.8 Å². The van der Waals surface area contributed by atoms with E-state index in [-0.39, 0.29) is 18.4 Å². The number of rotatable bonds is 7. The first-order chi connectivity index (χ1) is 14.1. The van der Waals surface area contributed by atoms with E-state index in [1.807, 2.05) is 18.2 Å². The molecule has 7 nitrogen and oxygen atoms in total. The van der Waals surface area contributed by atoms with Gasteiger partial charge < -0.3 is 19.9 Å². The third kappa shape index (κ3) is 4.34. The molecule has 1 atom stereocenters. The average molecular weight is 398 g/mol. The Bertz CT molecular complexity index is 919. The number of aliphatic carboxylic acids is 1. The topological polar surface area (TPSA) is 97.8 Å². The van der Waals surface area contributed by atoms with Crippen LogP contribution in [0, 0.1) is 11.8 Å². The summed E-state index contributed by atoms with van der Waals surface area (Å²) >= 11 is 0. The van der Waals surface area contributed by atoms with Crippen molar-refractivity contribution in [1.82, 2.24) is 10.3 Å². The first-order valence-electron chi connectivity index (χ1n) is 10.1. The summed E-state index contributed by atoms with van der Waals surface area (Å²) in [6.07, 6.45) is 3.57. The molecule has 2 N–H and O–H groups in total. The van der Waals surface area contributed by atoms with Gasteiger partial charge in [0.2, 0.25) is 0 Å². The van der Waals surface area contributed by atoms with Crippen LogP contribution in [-0.4, -0.2) is 48.8 Å². The highest BCUT2D eigenvalue weighted by Crippen LogP contribution is 2.40. The largest absolute Gasteiger partial charge is 0.497 e. The van der Waals surface area contributed by atoms with Crippen molar-refractivity contribution in [2.24, 2.45) is 11.8 Å². The van der Waals surface area contributed by atoms with Gasteiger partial charge in [-0.1, -0.05) is 0 Å². The molecule has 1 unspecified atom stereocenters. The maximum Gasteiger partial charge on any atom is 0.308 e. The fourth-order valence-electron chi connectivity index (χ4n) is 4.00. The SMILES string of the molecule is COc1ccc2nc(C3CC3)cc(C(=O)NCC(C(=O)O)C3CCOCC3)c2c1. The van der Waals surface area contributed by atoms with Crippen LogP contribution in [0.5, 0.6) is 5.75 Å². The molecule has 29 heavy (non-hydrogen) atoms. The molecular formula is C22H26N2O5. The zero-order chi connectivity index (χ0) is 20.4. The van der Waals surface area contributed by atoms with Crippen LogP contribution in [-0.2, 0) is 9.53 Å².